The Morgan fingerprint density at radius 1 is 1.37 bits per heavy atom. The standard InChI is InChI=1S/C12H9F2N3O2/c1-5-2-3-16-11(8(5)14)9-6(13)4-7(15)10(17-9)12(18)19/h2-4H,15H2,1H3,(H,18,19). The molecule has 0 saturated heterocycles. The summed E-state index contributed by atoms with van der Waals surface area (Å²) < 4.78 is 27.6. The summed E-state index contributed by atoms with van der Waals surface area (Å²) in [5.74, 6) is -3.11. The highest BCUT2D eigenvalue weighted by Gasteiger charge is 2.20. The van der Waals surface area contributed by atoms with E-state index in [0.717, 1.165) is 6.07 Å². The number of carboxylic acid groups (broad SMARTS) is 1. The number of hydrogen-bond acceptors (Lipinski definition) is 4. The molecule has 0 amide bonds. The fourth-order valence-corrected chi connectivity index (χ4v) is 1.55. The Labute approximate surface area is 106 Å². The lowest BCUT2D eigenvalue weighted by Gasteiger charge is -2.07. The van der Waals surface area contributed by atoms with Crippen LogP contribution in [-0.4, -0.2) is 21.0 Å². The molecular formula is C12H9F2N3O2. The number of aromatic nitrogens is 2. The molecule has 2 aromatic heterocycles. The zero-order valence-electron chi connectivity index (χ0n) is 9.82. The van der Waals surface area contributed by atoms with Crippen LogP contribution < -0.4 is 5.73 Å². The molecular weight excluding hydrogens is 256 g/mol. The van der Waals surface area contributed by atoms with Crippen LogP contribution in [0.4, 0.5) is 14.5 Å². The number of carbonyl (C=O) groups is 1. The molecule has 7 heteroatoms. The van der Waals surface area contributed by atoms with Gasteiger partial charge >= 0.3 is 5.97 Å². The molecule has 0 radical (unpaired) electrons. The van der Waals surface area contributed by atoms with Crippen LogP contribution in [0.15, 0.2) is 18.3 Å². The number of nitrogen functional groups attached to an aromatic ring is 1. The van der Waals surface area contributed by atoms with Crippen LogP contribution in [0.2, 0.25) is 0 Å². The van der Waals surface area contributed by atoms with Gasteiger partial charge in [-0.1, -0.05) is 0 Å². The summed E-state index contributed by atoms with van der Waals surface area (Å²) in [6, 6.07) is 2.20. The van der Waals surface area contributed by atoms with Crippen molar-refractivity contribution in [3.8, 4) is 11.4 Å². The summed E-state index contributed by atoms with van der Waals surface area (Å²) in [7, 11) is 0. The molecule has 0 unspecified atom stereocenters. The van der Waals surface area contributed by atoms with Gasteiger partial charge in [-0.2, -0.15) is 0 Å². The maximum Gasteiger partial charge on any atom is 0.356 e. The summed E-state index contributed by atoms with van der Waals surface area (Å²) in [5.41, 5.74) is 3.89. The van der Waals surface area contributed by atoms with Crippen molar-refractivity contribution >= 4 is 11.7 Å². The van der Waals surface area contributed by atoms with Gasteiger partial charge in [-0.3, -0.25) is 4.98 Å². The summed E-state index contributed by atoms with van der Waals surface area (Å²) >= 11 is 0. The van der Waals surface area contributed by atoms with E-state index in [1.807, 2.05) is 0 Å². The third-order valence-corrected chi connectivity index (χ3v) is 2.51. The summed E-state index contributed by atoms with van der Waals surface area (Å²) in [6.45, 7) is 1.48. The molecule has 0 bridgehead atoms. The van der Waals surface area contributed by atoms with Crippen LogP contribution in [0.5, 0.6) is 0 Å². The first-order valence-electron chi connectivity index (χ1n) is 5.22. The molecule has 0 aromatic carbocycles. The van der Waals surface area contributed by atoms with Crippen molar-refractivity contribution in [2.75, 3.05) is 5.73 Å². The lowest BCUT2D eigenvalue weighted by Crippen LogP contribution is -2.09. The Balaban J connectivity index is 2.72. The van der Waals surface area contributed by atoms with Crippen LogP contribution in [-0.2, 0) is 0 Å². The Morgan fingerprint density at radius 3 is 2.68 bits per heavy atom. The van der Waals surface area contributed by atoms with Crippen molar-refractivity contribution in [2.45, 2.75) is 6.92 Å². The van der Waals surface area contributed by atoms with Gasteiger partial charge in [-0.15, -0.1) is 0 Å². The van der Waals surface area contributed by atoms with Gasteiger partial charge in [0, 0.05) is 12.3 Å². The molecule has 98 valence electrons. The van der Waals surface area contributed by atoms with Crippen molar-refractivity contribution in [1.82, 2.24) is 9.97 Å². The minimum Gasteiger partial charge on any atom is -0.476 e. The Kier molecular flexibility index (Phi) is 3.12. The van der Waals surface area contributed by atoms with E-state index in [9.17, 15) is 13.6 Å². The minimum atomic E-state index is -1.42. The Bertz CT molecular complexity index is 674. The van der Waals surface area contributed by atoms with E-state index in [1.54, 1.807) is 0 Å². The Morgan fingerprint density at radius 2 is 2.05 bits per heavy atom. The fourth-order valence-electron chi connectivity index (χ4n) is 1.55. The zero-order valence-corrected chi connectivity index (χ0v) is 9.82. The molecule has 0 aliphatic rings. The first kappa shape index (κ1) is 12.9. The molecule has 0 aliphatic carbocycles. The topological polar surface area (TPSA) is 89.1 Å². The normalized spacial score (nSPS) is 10.5. The molecule has 2 aromatic rings. The average Bonchev–Trinajstić information content (AvgIpc) is 2.33. The van der Waals surface area contributed by atoms with Gasteiger partial charge in [-0.05, 0) is 18.6 Å². The lowest BCUT2D eigenvalue weighted by molar-refractivity contribution is 0.0692. The number of hydrogen-bond donors (Lipinski definition) is 2. The number of anilines is 1. The summed E-state index contributed by atoms with van der Waals surface area (Å²) in [5, 5.41) is 8.87. The van der Waals surface area contributed by atoms with E-state index in [-0.39, 0.29) is 16.9 Å². The lowest BCUT2D eigenvalue weighted by atomic mass is 10.1. The highest BCUT2D eigenvalue weighted by Crippen LogP contribution is 2.25. The third-order valence-electron chi connectivity index (χ3n) is 2.51. The van der Waals surface area contributed by atoms with E-state index in [1.165, 1.54) is 19.2 Å². The van der Waals surface area contributed by atoms with E-state index in [4.69, 9.17) is 10.8 Å². The molecule has 0 atom stereocenters. The van der Waals surface area contributed by atoms with Crippen LogP contribution >= 0.6 is 0 Å². The van der Waals surface area contributed by atoms with Gasteiger partial charge in [-0.25, -0.2) is 18.6 Å². The van der Waals surface area contributed by atoms with Gasteiger partial charge < -0.3 is 10.8 Å². The van der Waals surface area contributed by atoms with Crippen LogP contribution in [0.3, 0.4) is 0 Å². The van der Waals surface area contributed by atoms with E-state index in [2.05, 4.69) is 9.97 Å². The maximum atomic E-state index is 13.9. The minimum absolute atomic E-state index is 0.250. The number of halogens is 2. The summed E-state index contributed by atoms with van der Waals surface area (Å²) in [4.78, 5) is 18.1. The number of pyridine rings is 2. The predicted molar refractivity (Wildman–Crippen MR) is 63.5 cm³/mol. The van der Waals surface area contributed by atoms with E-state index >= 15 is 0 Å². The first-order valence-corrected chi connectivity index (χ1v) is 5.22. The second-order valence-electron chi connectivity index (χ2n) is 3.85. The highest BCUT2D eigenvalue weighted by atomic mass is 19.1. The van der Waals surface area contributed by atoms with Crippen molar-refractivity contribution in [3.63, 3.8) is 0 Å². The van der Waals surface area contributed by atoms with Crippen LogP contribution in [0, 0.1) is 18.6 Å². The third kappa shape index (κ3) is 2.22. The van der Waals surface area contributed by atoms with E-state index < -0.39 is 29.0 Å². The quantitative estimate of drug-likeness (QED) is 0.867. The summed E-state index contributed by atoms with van der Waals surface area (Å²) in [6.07, 6.45) is 1.28. The van der Waals surface area contributed by atoms with Gasteiger partial charge in [0.1, 0.15) is 11.4 Å². The first-order chi connectivity index (χ1) is 8.91. The van der Waals surface area contributed by atoms with Crippen LogP contribution in [0.1, 0.15) is 16.1 Å². The number of nitrogens with zero attached hydrogens (tertiary/aromatic N) is 2. The second-order valence-corrected chi connectivity index (χ2v) is 3.85. The molecule has 2 rings (SSSR count). The van der Waals surface area contributed by atoms with Crippen LogP contribution in [0.25, 0.3) is 11.4 Å². The van der Waals surface area contributed by atoms with E-state index in [0.29, 0.717) is 0 Å². The molecule has 19 heavy (non-hydrogen) atoms. The van der Waals surface area contributed by atoms with Gasteiger partial charge in [0.2, 0.25) is 0 Å². The predicted octanol–water partition coefficient (Wildman–Crippen LogP) is 2.01. The smallest absolute Gasteiger partial charge is 0.356 e. The van der Waals surface area contributed by atoms with Gasteiger partial charge in [0.15, 0.2) is 17.3 Å². The second kappa shape index (κ2) is 4.60. The Hall–Kier alpha value is -2.57. The fraction of sp³-hybridized carbons (Fsp3) is 0.0833. The SMILES string of the molecule is Cc1ccnc(-c2nc(C(=O)O)c(N)cc2F)c1F. The van der Waals surface area contributed by atoms with Crippen molar-refractivity contribution < 1.29 is 18.7 Å². The number of rotatable bonds is 2. The molecule has 0 saturated carbocycles. The molecule has 5 nitrogen and oxygen atoms in total. The molecule has 3 N–H and O–H groups in total. The largest absolute Gasteiger partial charge is 0.476 e. The molecule has 2 heterocycles. The van der Waals surface area contributed by atoms with Crippen molar-refractivity contribution in [1.29, 1.82) is 0 Å². The average molecular weight is 265 g/mol. The number of carboxylic acids is 1. The number of aryl methyl sites for hydroxylation is 1. The maximum absolute atomic E-state index is 13.9. The zero-order chi connectivity index (χ0) is 14.2. The number of aromatic carboxylic acids is 1. The number of nitrogens with two attached hydrogens (primary N) is 1. The highest BCUT2D eigenvalue weighted by molar-refractivity contribution is 5.92. The van der Waals surface area contributed by atoms with Crippen molar-refractivity contribution in [3.05, 3.63) is 41.2 Å². The van der Waals surface area contributed by atoms with Crippen molar-refractivity contribution in [2.24, 2.45) is 0 Å². The monoisotopic (exact) mass is 265 g/mol. The molecule has 0 aliphatic heterocycles. The van der Waals surface area contributed by atoms with Gasteiger partial charge in [0.25, 0.3) is 0 Å². The molecule has 0 fully saturated rings. The van der Waals surface area contributed by atoms with Gasteiger partial charge in [0.05, 0.1) is 5.69 Å². The molecule has 0 spiro atoms.